The van der Waals surface area contributed by atoms with Gasteiger partial charge >= 0.3 is 5.97 Å². The fourth-order valence-corrected chi connectivity index (χ4v) is 2.85. The fraction of sp³-hybridized carbons (Fsp3) is 0.417. The lowest BCUT2D eigenvalue weighted by atomic mass is 10.1. The van der Waals surface area contributed by atoms with Crippen LogP contribution in [0.4, 0.5) is 0 Å². The number of carbonyl (C=O) groups is 1. The second kappa shape index (κ2) is 5.25. The first kappa shape index (κ1) is 12.9. The number of carboxylic acids is 1. The quantitative estimate of drug-likeness (QED) is 0.878. The topological polar surface area (TPSA) is 54.4 Å². The molecule has 16 heavy (non-hydrogen) atoms. The van der Waals surface area contributed by atoms with Crippen LogP contribution in [0.2, 0.25) is 0 Å². The smallest absolute Gasteiger partial charge is 0.307 e. The van der Waals surface area contributed by atoms with Gasteiger partial charge in [0, 0.05) is 10.1 Å². The first-order chi connectivity index (χ1) is 7.45. The minimum atomic E-state index is -1.27. The lowest BCUT2D eigenvalue weighted by Gasteiger charge is -2.16. The largest absolute Gasteiger partial charge is 0.481 e. The average molecular weight is 240 g/mol. The number of aliphatic carboxylic acids is 1. The van der Waals surface area contributed by atoms with Crippen molar-refractivity contribution in [2.45, 2.75) is 30.9 Å². The molecule has 0 amide bonds. The maximum Gasteiger partial charge on any atom is 0.307 e. The summed E-state index contributed by atoms with van der Waals surface area (Å²) in [7, 11) is -1.27. The van der Waals surface area contributed by atoms with Crippen LogP contribution in [0.15, 0.2) is 29.2 Å². The standard InChI is InChI=1S/C12H16O3S/c1-8-6-4-5-7-11(8)16(15)10(3)9(2)12(13)14/h4-7,9-10H,1-3H3,(H,13,14). The van der Waals surface area contributed by atoms with Gasteiger partial charge < -0.3 is 5.11 Å². The van der Waals surface area contributed by atoms with Crippen LogP contribution in [-0.2, 0) is 15.6 Å². The molecule has 0 radical (unpaired) electrons. The second-order valence-electron chi connectivity index (χ2n) is 3.89. The molecule has 88 valence electrons. The van der Waals surface area contributed by atoms with Gasteiger partial charge in [-0.1, -0.05) is 25.1 Å². The highest BCUT2D eigenvalue weighted by Gasteiger charge is 2.26. The summed E-state index contributed by atoms with van der Waals surface area (Å²) in [5, 5.41) is 8.49. The van der Waals surface area contributed by atoms with Crippen molar-refractivity contribution in [3.8, 4) is 0 Å². The molecule has 3 unspecified atom stereocenters. The molecule has 0 aliphatic carbocycles. The summed E-state index contributed by atoms with van der Waals surface area (Å²) in [6, 6.07) is 7.36. The first-order valence-corrected chi connectivity index (χ1v) is 6.35. The Morgan fingerprint density at radius 2 is 1.88 bits per heavy atom. The average Bonchev–Trinajstić information content (AvgIpc) is 2.26. The Morgan fingerprint density at radius 3 is 2.38 bits per heavy atom. The fourth-order valence-electron chi connectivity index (χ4n) is 1.37. The van der Waals surface area contributed by atoms with Crippen LogP contribution in [0.3, 0.4) is 0 Å². The lowest BCUT2D eigenvalue weighted by Crippen LogP contribution is -2.27. The summed E-state index contributed by atoms with van der Waals surface area (Å²) in [4.78, 5) is 11.6. The van der Waals surface area contributed by atoms with E-state index in [0.717, 1.165) is 10.5 Å². The summed E-state index contributed by atoms with van der Waals surface area (Å²) in [6.07, 6.45) is 0. The van der Waals surface area contributed by atoms with E-state index in [0.29, 0.717) is 0 Å². The molecule has 4 heteroatoms. The number of hydrogen-bond donors (Lipinski definition) is 1. The Labute approximate surface area is 98.0 Å². The summed E-state index contributed by atoms with van der Waals surface area (Å²) in [5.74, 6) is -1.52. The zero-order valence-corrected chi connectivity index (χ0v) is 10.5. The predicted molar refractivity (Wildman–Crippen MR) is 63.8 cm³/mol. The molecule has 0 saturated carbocycles. The van der Waals surface area contributed by atoms with E-state index in [1.54, 1.807) is 19.9 Å². The monoisotopic (exact) mass is 240 g/mol. The SMILES string of the molecule is Cc1ccccc1S(=O)C(C)C(C)C(=O)O. The Hall–Kier alpha value is -1.16. The van der Waals surface area contributed by atoms with Gasteiger partial charge in [0.2, 0.25) is 0 Å². The third kappa shape index (κ3) is 2.70. The van der Waals surface area contributed by atoms with E-state index in [1.165, 1.54) is 0 Å². The van der Waals surface area contributed by atoms with Gasteiger partial charge in [-0.25, -0.2) is 0 Å². The Balaban J connectivity index is 2.95. The van der Waals surface area contributed by atoms with Crippen LogP contribution in [0.25, 0.3) is 0 Å². The molecular weight excluding hydrogens is 224 g/mol. The van der Waals surface area contributed by atoms with Gasteiger partial charge in [-0.05, 0) is 25.5 Å². The molecule has 0 spiro atoms. The van der Waals surface area contributed by atoms with Crippen LogP contribution in [-0.4, -0.2) is 20.5 Å². The highest BCUT2D eigenvalue weighted by Crippen LogP contribution is 2.20. The lowest BCUT2D eigenvalue weighted by molar-refractivity contribution is -0.141. The molecule has 1 N–H and O–H groups in total. The van der Waals surface area contributed by atoms with Gasteiger partial charge in [0.15, 0.2) is 0 Å². The van der Waals surface area contributed by atoms with E-state index in [-0.39, 0.29) is 0 Å². The normalized spacial score (nSPS) is 16.4. The van der Waals surface area contributed by atoms with E-state index >= 15 is 0 Å². The van der Waals surface area contributed by atoms with Gasteiger partial charge in [0.1, 0.15) is 0 Å². The molecule has 1 aromatic carbocycles. The summed E-state index contributed by atoms with van der Waals surface area (Å²) >= 11 is 0. The van der Waals surface area contributed by atoms with Crippen molar-refractivity contribution in [3.63, 3.8) is 0 Å². The molecule has 0 fully saturated rings. The van der Waals surface area contributed by atoms with Crippen molar-refractivity contribution < 1.29 is 14.1 Å². The van der Waals surface area contributed by atoms with Crippen molar-refractivity contribution in [1.82, 2.24) is 0 Å². The van der Waals surface area contributed by atoms with E-state index in [4.69, 9.17) is 5.11 Å². The number of hydrogen-bond acceptors (Lipinski definition) is 2. The van der Waals surface area contributed by atoms with Crippen molar-refractivity contribution in [3.05, 3.63) is 29.8 Å². The molecule has 0 saturated heterocycles. The van der Waals surface area contributed by atoms with Crippen molar-refractivity contribution in [2.24, 2.45) is 5.92 Å². The van der Waals surface area contributed by atoms with Gasteiger partial charge in [-0.15, -0.1) is 0 Å². The zero-order valence-electron chi connectivity index (χ0n) is 9.64. The third-order valence-corrected chi connectivity index (χ3v) is 4.72. The maximum absolute atomic E-state index is 12.2. The minimum Gasteiger partial charge on any atom is -0.481 e. The second-order valence-corrected chi connectivity index (χ2v) is 5.67. The molecule has 0 aliphatic rings. The van der Waals surface area contributed by atoms with Crippen molar-refractivity contribution in [2.75, 3.05) is 0 Å². The number of rotatable bonds is 4. The van der Waals surface area contributed by atoms with Crippen molar-refractivity contribution >= 4 is 16.8 Å². The van der Waals surface area contributed by atoms with Gasteiger partial charge in [-0.3, -0.25) is 9.00 Å². The number of benzene rings is 1. The molecule has 1 aromatic rings. The van der Waals surface area contributed by atoms with E-state index < -0.39 is 27.9 Å². The van der Waals surface area contributed by atoms with Gasteiger partial charge in [-0.2, -0.15) is 0 Å². The number of carboxylic acid groups (broad SMARTS) is 1. The van der Waals surface area contributed by atoms with Crippen LogP contribution in [0, 0.1) is 12.8 Å². The first-order valence-electron chi connectivity index (χ1n) is 5.14. The van der Waals surface area contributed by atoms with Crippen LogP contribution >= 0.6 is 0 Å². The molecular formula is C12H16O3S. The molecule has 3 atom stereocenters. The summed E-state index contributed by atoms with van der Waals surface area (Å²) < 4.78 is 12.2. The zero-order chi connectivity index (χ0) is 12.3. The molecule has 0 aromatic heterocycles. The number of aryl methyl sites for hydroxylation is 1. The Bertz CT molecular complexity index is 414. The van der Waals surface area contributed by atoms with Crippen LogP contribution in [0.1, 0.15) is 19.4 Å². The predicted octanol–water partition coefficient (Wildman–Crippen LogP) is 2.21. The molecule has 0 bridgehead atoms. The summed E-state index contributed by atoms with van der Waals surface area (Å²) in [5.41, 5.74) is 0.935. The molecule has 0 aliphatic heterocycles. The van der Waals surface area contributed by atoms with Gasteiger partial charge in [0.25, 0.3) is 0 Å². The van der Waals surface area contributed by atoms with E-state index in [9.17, 15) is 9.00 Å². The third-order valence-electron chi connectivity index (χ3n) is 2.74. The Kier molecular flexibility index (Phi) is 4.24. The highest BCUT2D eigenvalue weighted by atomic mass is 32.2. The van der Waals surface area contributed by atoms with Crippen LogP contribution < -0.4 is 0 Å². The molecule has 3 nitrogen and oxygen atoms in total. The molecule has 1 rings (SSSR count). The molecule has 0 heterocycles. The maximum atomic E-state index is 12.2. The van der Waals surface area contributed by atoms with Crippen molar-refractivity contribution in [1.29, 1.82) is 0 Å². The van der Waals surface area contributed by atoms with E-state index in [2.05, 4.69) is 0 Å². The van der Waals surface area contributed by atoms with E-state index in [1.807, 2.05) is 25.1 Å². The highest BCUT2D eigenvalue weighted by molar-refractivity contribution is 7.85. The van der Waals surface area contributed by atoms with Crippen LogP contribution in [0.5, 0.6) is 0 Å². The summed E-state index contributed by atoms with van der Waals surface area (Å²) in [6.45, 7) is 5.18. The van der Waals surface area contributed by atoms with Gasteiger partial charge in [0.05, 0.1) is 16.7 Å². The Morgan fingerprint density at radius 1 is 1.31 bits per heavy atom. The minimum absolute atomic E-state index is 0.390.